The van der Waals surface area contributed by atoms with Crippen molar-refractivity contribution in [1.29, 1.82) is 0 Å². The lowest BCUT2D eigenvalue weighted by molar-refractivity contribution is -0.00869. The van der Waals surface area contributed by atoms with Crippen LogP contribution in [0, 0.1) is 0 Å². The molecule has 0 aliphatic carbocycles. The standard InChI is InChI=1S/C29H56O2/c1-4-6-8-10-12-13-14-15-16-17-18-19-20-21-23-25-27-31-29(3)28-30-26-24-22-11-9-7-5-2/h12-13,15-16,29H,4-11,14,17-28H2,1-3H3/b13-12-,16-15-. The van der Waals surface area contributed by atoms with Gasteiger partial charge < -0.3 is 9.47 Å². The van der Waals surface area contributed by atoms with E-state index in [0.717, 1.165) is 26.2 Å². The maximum absolute atomic E-state index is 5.88. The Hall–Kier alpha value is -0.600. The monoisotopic (exact) mass is 436 g/mol. The molecule has 2 heteroatoms. The van der Waals surface area contributed by atoms with E-state index in [1.165, 1.54) is 109 Å². The molecule has 0 spiro atoms. The van der Waals surface area contributed by atoms with Gasteiger partial charge in [0.1, 0.15) is 0 Å². The van der Waals surface area contributed by atoms with Gasteiger partial charge in [-0.15, -0.1) is 0 Å². The second-order valence-electron chi connectivity index (χ2n) is 9.11. The van der Waals surface area contributed by atoms with Crippen LogP contribution in [-0.4, -0.2) is 25.9 Å². The molecule has 0 aliphatic rings. The Balaban J connectivity index is 3.22. The molecule has 0 aromatic heterocycles. The molecule has 0 aromatic rings. The van der Waals surface area contributed by atoms with E-state index in [0.29, 0.717) is 0 Å². The van der Waals surface area contributed by atoms with Crippen LogP contribution in [0.25, 0.3) is 0 Å². The van der Waals surface area contributed by atoms with Crippen LogP contribution in [0.2, 0.25) is 0 Å². The summed E-state index contributed by atoms with van der Waals surface area (Å²) in [5.41, 5.74) is 0. The third-order valence-corrected chi connectivity index (χ3v) is 5.74. The van der Waals surface area contributed by atoms with E-state index in [9.17, 15) is 0 Å². The summed E-state index contributed by atoms with van der Waals surface area (Å²) in [4.78, 5) is 0. The van der Waals surface area contributed by atoms with E-state index in [1.54, 1.807) is 0 Å². The highest BCUT2D eigenvalue weighted by Crippen LogP contribution is 2.09. The SMILES string of the molecule is CCCCC/C=C\C/C=C\CCCCCCCCOC(C)COCCCCCCCC. The fourth-order valence-corrected chi connectivity index (χ4v) is 3.66. The third kappa shape index (κ3) is 27.4. The lowest BCUT2D eigenvalue weighted by atomic mass is 10.1. The molecule has 0 radical (unpaired) electrons. The molecule has 0 saturated heterocycles. The molecule has 0 heterocycles. The highest BCUT2D eigenvalue weighted by Gasteiger charge is 2.02. The van der Waals surface area contributed by atoms with Gasteiger partial charge in [0.05, 0.1) is 12.7 Å². The quantitative estimate of drug-likeness (QED) is 0.105. The Morgan fingerprint density at radius 3 is 1.68 bits per heavy atom. The number of ether oxygens (including phenoxy) is 2. The van der Waals surface area contributed by atoms with Crippen LogP contribution in [0.3, 0.4) is 0 Å². The number of hydrogen-bond acceptors (Lipinski definition) is 2. The Labute approximate surface area is 196 Å². The predicted octanol–water partition coefficient (Wildman–Crippen LogP) is 9.58. The first-order chi connectivity index (χ1) is 15.3. The molecule has 0 rings (SSSR count). The van der Waals surface area contributed by atoms with Gasteiger partial charge in [0.15, 0.2) is 0 Å². The summed E-state index contributed by atoms with van der Waals surface area (Å²) in [5.74, 6) is 0. The zero-order valence-corrected chi connectivity index (χ0v) is 21.6. The van der Waals surface area contributed by atoms with Crippen LogP contribution in [0.5, 0.6) is 0 Å². The van der Waals surface area contributed by atoms with Gasteiger partial charge in [0, 0.05) is 13.2 Å². The second-order valence-corrected chi connectivity index (χ2v) is 9.11. The van der Waals surface area contributed by atoms with Crippen LogP contribution >= 0.6 is 0 Å². The minimum Gasteiger partial charge on any atom is -0.379 e. The van der Waals surface area contributed by atoms with Crippen molar-refractivity contribution in [3.05, 3.63) is 24.3 Å². The molecule has 2 nitrogen and oxygen atoms in total. The molecule has 0 aromatic carbocycles. The normalized spacial score (nSPS) is 13.0. The van der Waals surface area contributed by atoms with Gasteiger partial charge in [-0.05, 0) is 51.9 Å². The summed E-state index contributed by atoms with van der Waals surface area (Å²) in [6, 6.07) is 0. The van der Waals surface area contributed by atoms with Crippen LogP contribution in [0.15, 0.2) is 24.3 Å². The minimum absolute atomic E-state index is 0.234. The van der Waals surface area contributed by atoms with Crippen LogP contribution in [0.1, 0.15) is 136 Å². The van der Waals surface area contributed by atoms with Crippen molar-refractivity contribution < 1.29 is 9.47 Å². The summed E-state index contributed by atoms with van der Waals surface area (Å²) < 4.78 is 11.6. The van der Waals surface area contributed by atoms with E-state index < -0.39 is 0 Å². The van der Waals surface area contributed by atoms with E-state index in [4.69, 9.17) is 9.47 Å². The topological polar surface area (TPSA) is 18.5 Å². The third-order valence-electron chi connectivity index (χ3n) is 5.74. The Morgan fingerprint density at radius 1 is 0.548 bits per heavy atom. The molecule has 1 unspecified atom stereocenters. The van der Waals surface area contributed by atoms with E-state index in [2.05, 4.69) is 45.1 Å². The zero-order chi connectivity index (χ0) is 22.7. The first kappa shape index (κ1) is 30.4. The molecule has 0 fully saturated rings. The Bertz CT molecular complexity index is 375. The highest BCUT2D eigenvalue weighted by molar-refractivity contribution is 4.92. The molecule has 1 atom stereocenters. The summed E-state index contributed by atoms with van der Waals surface area (Å²) >= 11 is 0. The van der Waals surface area contributed by atoms with Gasteiger partial charge in [-0.1, -0.05) is 109 Å². The minimum atomic E-state index is 0.234. The highest BCUT2D eigenvalue weighted by atomic mass is 16.5. The zero-order valence-electron chi connectivity index (χ0n) is 21.6. The van der Waals surface area contributed by atoms with E-state index in [1.807, 2.05) is 0 Å². The number of rotatable bonds is 25. The van der Waals surface area contributed by atoms with Crippen molar-refractivity contribution in [2.75, 3.05) is 19.8 Å². The summed E-state index contributed by atoms with van der Waals surface area (Å²) in [6.45, 7) is 9.19. The fraction of sp³-hybridized carbons (Fsp3) is 0.862. The summed E-state index contributed by atoms with van der Waals surface area (Å²) in [6.07, 6.45) is 33.0. The van der Waals surface area contributed by atoms with Crippen molar-refractivity contribution in [3.8, 4) is 0 Å². The number of allylic oxidation sites excluding steroid dienone is 4. The molecule has 0 saturated carbocycles. The van der Waals surface area contributed by atoms with Gasteiger partial charge in [-0.25, -0.2) is 0 Å². The lowest BCUT2D eigenvalue weighted by Gasteiger charge is -2.13. The maximum Gasteiger partial charge on any atom is 0.0780 e. The van der Waals surface area contributed by atoms with Crippen LogP contribution < -0.4 is 0 Å². The molecule has 0 N–H and O–H groups in total. The van der Waals surface area contributed by atoms with Crippen molar-refractivity contribution in [3.63, 3.8) is 0 Å². The van der Waals surface area contributed by atoms with Crippen molar-refractivity contribution in [2.24, 2.45) is 0 Å². The predicted molar refractivity (Wildman–Crippen MR) is 139 cm³/mol. The summed E-state index contributed by atoms with van der Waals surface area (Å²) in [5, 5.41) is 0. The fourth-order valence-electron chi connectivity index (χ4n) is 3.66. The molecule has 31 heavy (non-hydrogen) atoms. The van der Waals surface area contributed by atoms with Gasteiger partial charge >= 0.3 is 0 Å². The average Bonchev–Trinajstić information content (AvgIpc) is 2.77. The maximum atomic E-state index is 5.88. The molecular formula is C29H56O2. The van der Waals surface area contributed by atoms with Gasteiger partial charge in [-0.3, -0.25) is 0 Å². The Kier molecular flexibility index (Phi) is 26.9. The van der Waals surface area contributed by atoms with Gasteiger partial charge in [0.25, 0.3) is 0 Å². The molecule has 0 amide bonds. The Morgan fingerprint density at radius 2 is 1.03 bits per heavy atom. The van der Waals surface area contributed by atoms with Crippen molar-refractivity contribution in [2.45, 2.75) is 142 Å². The molecule has 0 bridgehead atoms. The second kappa shape index (κ2) is 27.4. The first-order valence-corrected chi connectivity index (χ1v) is 13.8. The van der Waals surface area contributed by atoms with E-state index in [-0.39, 0.29) is 6.10 Å². The lowest BCUT2D eigenvalue weighted by Crippen LogP contribution is -2.17. The van der Waals surface area contributed by atoms with Crippen LogP contribution in [-0.2, 0) is 9.47 Å². The molecule has 184 valence electrons. The molecular weight excluding hydrogens is 380 g/mol. The number of unbranched alkanes of at least 4 members (excludes halogenated alkanes) is 14. The largest absolute Gasteiger partial charge is 0.379 e. The van der Waals surface area contributed by atoms with Gasteiger partial charge in [0.2, 0.25) is 0 Å². The first-order valence-electron chi connectivity index (χ1n) is 13.8. The van der Waals surface area contributed by atoms with Crippen molar-refractivity contribution in [1.82, 2.24) is 0 Å². The van der Waals surface area contributed by atoms with E-state index >= 15 is 0 Å². The van der Waals surface area contributed by atoms with Crippen LogP contribution in [0.4, 0.5) is 0 Å². The number of hydrogen-bond donors (Lipinski definition) is 0. The van der Waals surface area contributed by atoms with Gasteiger partial charge in [-0.2, -0.15) is 0 Å². The molecule has 0 aliphatic heterocycles. The summed E-state index contributed by atoms with van der Waals surface area (Å²) in [7, 11) is 0. The smallest absolute Gasteiger partial charge is 0.0780 e. The average molecular weight is 437 g/mol. The van der Waals surface area contributed by atoms with Crippen molar-refractivity contribution >= 4 is 0 Å².